The molecule has 1 aromatic heterocycles. The van der Waals surface area contributed by atoms with Crippen molar-refractivity contribution in [2.45, 2.75) is 6.92 Å². The Morgan fingerprint density at radius 2 is 1.95 bits per heavy atom. The van der Waals surface area contributed by atoms with Crippen LogP contribution in [-0.2, 0) is 0 Å². The first-order chi connectivity index (χ1) is 9.85. The maximum absolute atomic E-state index is 13.3. The lowest BCUT2D eigenvalue weighted by Gasteiger charge is -2.11. The van der Waals surface area contributed by atoms with Crippen molar-refractivity contribution in [2.24, 2.45) is 0 Å². The van der Waals surface area contributed by atoms with Crippen LogP contribution in [0.15, 0.2) is 18.2 Å². The van der Waals surface area contributed by atoms with Gasteiger partial charge in [-0.05, 0) is 6.92 Å². The molecule has 0 atom stereocenters. The molecule has 1 aromatic carbocycles. The highest BCUT2D eigenvalue weighted by Gasteiger charge is 2.13. The van der Waals surface area contributed by atoms with Gasteiger partial charge < -0.3 is 9.64 Å². The van der Waals surface area contributed by atoms with E-state index < -0.39 is 16.4 Å². The van der Waals surface area contributed by atoms with Crippen LogP contribution in [-0.4, -0.2) is 34.0 Å². The molecule has 2 rings (SSSR count). The average Bonchev–Trinajstić information content (AvgIpc) is 2.37. The molecule has 8 nitrogen and oxygen atoms in total. The van der Waals surface area contributed by atoms with Crippen LogP contribution in [0.4, 0.5) is 16.0 Å². The quantitative estimate of drug-likeness (QED) is 0.629. The maximum Gasteiger partial charge on any atom is 0.327 e. The molecule has 0 saturated carbocycles. The first-order valence-electron chi connectivity index (χ1n) is 5.88. The van der Waals surface area contributed by atoms with Gasteiger partial charge in [0.05, 0.1) is 17.1 Å². The topological polar surface area (TPSA) is 94.3 Å². The Labute approximate surface area is 119 Å². The molecule has 9 heteroatoms. The number of rotatable bonds is 4. The van der Waals surface area contributed by atoms with Gasteiger partial charge in [-0.3, -0.25) is 10.1 Å². The number of non-ortho nitro benzene ring substituents is 1. The number of nitro benzene ring substituents is 1. The normalized spacial score (nSPS) is 10.3. The number of halogens is 1. The summed E-state index contributed by atoms with van der Waals surface area (Å²) < 4.78 is 18.6. The Morgan fingerprint density at radius 1 is 1.24 bits per heavy atom. The lowest BCUT2D eigenvalue weighted by molar-refractivity contribution is -0.385. The van der Waals surface area contributed by atoms with Crippen LogP contribution in [0.2, 0.25) is 0 Å². The van der Waals surface area contributed by atoms with Crippen LogP contribution in [0, 0.1) is 22.9 Å². The Balaban J connectivity index is 2.36. The zero-order valence-corrected chi connectivity index (χ0v) is 11.6. The van der Waals surface area contributed by atoms with E-state index in [9.17, 15) is 14.5 Å². The molecular formula is C12H12FN5O3. The van der Waals surface area contributed by atoms with Gasteiger partial charge in [-0.15, -0.1) is 0 Å². The van der Waals surface area contributed by atoms with Crippen LogP contribution in [0.5, 0.6) is 11.8 Å². The minimum Gasteiger partial charge on any atom is -0.424 e. The number of aryl methyl sites for hydroxylation is 1. The lowest BCUT2D eigenvalue weighted by Crippen LogP contribution is -2.14. The first-order valence-corrected chi connectivity index (χ1v) is 5.88. The lowest BCUT2D eigenvalue weighted by atomic mass is 10.3. The fraction of sp³-hybridized carbons (Fsp3) is 0.250. The molecule has 2 aromatic rings. The van der Waals surface area contributed by atoms with Crippen molar-refractivity contribution in [1.29, 1.82) is 0 Å². The molecule has 0 aliphatic rings. The maximum atomic E-state index is 13.3. The van der Waals surface area contributed by atoms with Gasteiger partial charge in [0, 0.05) is 20.2 Å². The average molecular weight is 293 g/mol. The molecule has 0 unspecified atom stereocenters. The number of ether oxygens (including phenoxy) is 1. The zero-order chi connectivity index (χ0) is 15.6. The molecule has 110 valence electrons. The van der Waals surface area contributed by atoms with E-state index in [0.717, 1.165) is 18.2 Å². The van der Waals surface area contributed by atoms with E-state index in [0.29, 0.717) is 11.8 Å². The summed E-state index contributed by atoms with van der Waals surface area (Å²) in [5, 5.41) is 10.7. The SMILES string of the molecule is Cc1nc(Oc2cc(F)cc([N+](=O)[O-])c2)nc(N(C)C)n1. The molecular weight excluding hydrogens is 281 g/mol. The van der Waals surface area contributed by atoms with Crippen molar-refractivity contribution in [3.8, 4) is 11.8 Å². The highest BCUT2D eigenvalue weighted by molar-refractivity contribution is 5.40. The minimum atomic E-state index is -0.780. The van der Waals surface area contributed by atoms with E-state index >= 15 is 0 Å². The van der Waals surface area contributed by atoms with Crippen molar-refractivity contribution in [3.63, 3.8) is 0 Å². The molecule has 0 bridgehead atoms. The van der Waals surface area contributed by atoms with Crippen LogP contribution >= 0.6 is 0 Å². The first kappa shape index (κ1) is 14.6. The number of anilines is 1. The number of hydrogen-bond acceptors (Lipinski definition) is 7. The third kappa shape index (κ3) is 3.59. The molecule has 0 spiro atoms. The number of benzene rings is 1. The van der Waals surface area contributed by atoms with Gasteiger partial charge >= 0.3 is 6.01 Å². The molecule has 1 heterocycles. The Hall–Kier alpha value is -2.84. The van der Waals surface area contributed by atoms with Crippen molar-refractivity contribution in [1.82, 2.24) is 15.0 Å². The van der Waals surface area contributed by atoms with Gasteiger partial charge in [0.2, 0.25) is 5.95 Å². The summed E-state index contributed by atoms with van der Waals surface area (Å²) in [6.07, 6.45) is 0. The van der Waals surface area contributed by atoms with Crippen LogP contribution < -0.4 is 9.64 Å². The summed E-state index contributed by atoms with van der Waals surface area (Å²) in [5.74, 6) is -0.0622. The smallest absolute Gasteiger partial charge is 0.327 e. The van der Waals surface area contributed by atoms with E-state index in [1.54, 1.807) is 25.9 Å². The summed E-state index contributed by atoms with van der Waals surface area (Å²) in [7, 11) is 3.48. The second-order valence-corrected chi connectivity index (χ2v) is 4.36. The van der Waals surface area contributed by atoms with Crippen LogP contribution in [0.1, 0.15) is 5.82 Å². The third-order valence-electron chi connectivity index (χ3n) is 2.39. The van der Waals surface area contributed by atoms with Gasteiger partial charge in [0.1, 0.15) is 17.4 Å². The fourth-order valence-corrected chi connectivity index (χ4v) is 1.51. The number of nitro groups is 1. The van der Waals surface area contributed by atoms with E-state index in [1.807, 2.05) is 0 Å². The summed E-state index contributed by atoms with van der Waals surface area (Å²) in [5.41, 5.74) is -0.413. The number of hydrogen-bond donors (Lipinski definition) is 0. The molecule has 0 fully saturated rings. The highest BCUT2D eigenvalue weighted by Crippen LogP contribution is 2.25. The summed E-state index contributed by atoms with van der Waals surface area (Å²) in [4.78, 5) is 23.7. The van der Waals surface area contributed by atoms with Crippen LogP contribution in [0.25, 0.3) is 0 Å². The molecule has 0 radical (unpaired) electrons. The van der Waals surface area contributed by atoms with Crippen LogP contribution in [0.3, 0.4) is 0 Å². The summed E-state index contributed by atoms with van der Waals surface area (Å²) >= 11 is 0. The fourth-order valence-electron chi connectivity index (χ4n) is 1.51. The summed E-state index contributed by atoms with van der Waals surface area (Å²) in [6, 6.07) is 2.85. The Morgan fingerprint density at radius 3 is 2.57 bits per heavy atom. The predicted molar refractivity (Wildman–Crippen MR) is 72.0 cm³/mol. The molecule has 21 heavy (non-hydrogen) atoms. The van der Waals surface area contributed by atoms with E-state index in [1.165, 1.54) is 0 Å². The second kappa shape index (κ2) is 5.65. The van der Waals surface area contributed by atoms with Crippen molar-refractivity contribution >= 4 is 11.6 Å². The molecule has 0 saturated heterocycles. The second-order valence-electron chi connectivity index (χ2n) is 4.36. The van der Waals surface area contributed by atoms with E-state index in [-0.39, 0.29) is 11.8 Å². The van der Waals surface area contributed by atoms with Gasteiger partial charge in [0.15, 0.2) is 0 Å². The largest absolute Gasteiger partial charge is 0.424 e. The Kier molecular flexibility index (Phi) is 3.92. The zero-order valence-electron chi connectivity index (χ0n) is 11.6. The number of aromatic nitrogens is 3. The molecule has 0 aliphatic carbocycles. The minimum absolute atomic E-state index is 0.0583. The number of nitrogens with zero attached hydrogens (tertiary/aromatic N) is 5. The standard InChI is InChI=1S/C12H12FN5O3/c1-7-14-11(17(2)3)16-12(15-7)21-10-5-8(13)4-9(6-10)18(19)20/h4-6H,1-3H3. The third-order valence-corrected chi connectivity index (χ3v) is 2.39. The van der Waals surface area contributed by atoms with E-state index in [4.69, 9.17) is 4.74 Å². The monoisotopic (exact) mass is 293 g/mol. The predicted octanol–water partition coefficient (Wildman–Crippen LogP) is 2.09. The summed E-state index contributed by atoms with van der Waals surface area (Å²) in [6.45, 7) is 1.65. The van der Waals surface area contributed by atoms with Crippen molar-refractivity contribution in [2.75, 3.05) is 19.0 Å². The van der Waals surface area contributed by atoms with Gasteiger partial charge in [-0.25, -0.2) is 4.39 Å². The van der Waals surface area contributed by atoms with Gasteiger partial charge in [-0.2, -0.15) is 15.0 Å². The molecule has 0 N–H and O–H groups in total. The molecule has 0 aliphatic heterocycles. The van der Waals surface area contributed by atoms with Gasteiger partial charge in [-0.1, -0.05) is 0 Å². The highest BCUT2D eigenvalue weighted by atomic mass is 19.1. The molecule has 0 amide bonds. The Bertz CT molecular complexity index is 693. The van der Waals surface area contributed by atoms with Crippen molar-refractivity contribution in [3.05, 3.63) is 40.0 Å². The van der Waals surface area contributed by atoms with E-state index in [2.05, 4.69) is 15.0 Å². The van der Waals surface area contributed by atoms with Gasteiger partial charge in [0.25, 0.3) is 5.69 Å². The van der Waals surface area contributed by atoms with Crippen molar-refractivity contribution < 1.29 is 14.1 Å².